The number of nitrogens with zero attached hydrogens (tertiary/aromatic N) is 1. The predicted octanol–water partition coefficient (Wildman–Crippen LogP) is 4.07. The molecule has 0 N–H and O–H groups in total. The summed E-state index contributed by atoms with van der Waals surface area (Å²) in [6.45, 7) is 2.03. The Balaban J connectivity index is 2.55. The average Bonchev–Trinajstić information content (AvgIpc) is 2.48. The highest BCUT2D eigenvalue weighted by atomic mass is 79.9. The molecular weight excluding hydrogens is 265 g/mol. The van der Waals surface area contributed by atoms with E-state index in [-0.39, 0.29) is 5.22 Å². The van der Waals surface area contributed by atoms with Gasteiger partial charge in [-0.3, -0.25) is 0 Å². The third kappa shape index (κ3) is 1.70. The van der Waals surface area contributed by atoms with Crippen molar-refractivity contribution in [1.82, 2.24) is 5.16 Å². The average molecular weight is 273 g/mol. The van der Waals surface area contributed by atoms with Crippen LogP contribution in [0.15, 0.2) is 33.3 Å². The molecule has 0 amide bonds. The van der Waals surface area contributed by atoms with E-state index in [1.807, 2.05) is 31.2 Å². The first-order chi connectivity index (χ1) is 6.68. The third-order valence-corrected chi connectivity index (χ3v) is 3.11. The van der Waals surface area contributed by atoms with Gasteiger partial charge in [0.2, 0.25) is 5.22 Å². The summed E-state index contributed by atoms with van der Waals surface area (Å²) in [5.74, 6) is 0. The first-order valence-corrected chi connectivity index (χ1v) is 5.23. The molecule has 0 fully saturated rings. The molecule has 2 nitrogen and oxygen atoms in total. The van der Waals surface area contributed by atoms with Crippen molar-refractivity contribution >= 4 is 27.5 Å². The molecule has 1 heterocycles. The Morgan fingerprint density at radius 1 is 1.43 bits per heavy atom. The highest BCUT2D eigenvalue weighted by Crippen LogP contribution is 2.33. The minimum atomic E-state index is 0.279. The summed E-state index contributed by atoms with van der Waals surface area (Å²) in [5, 5.41) is 4.15. The van der Waals surface area contributed by atoms with Gasteiger partial charge in [-0.1, -0.05) is 28.9 Å². The van der Waals surface area contributed by atoms with Crippen LogP contribution in [0.5, 0.6) is 0 Å². The number of halogens is 2. The molecule has 1 aromatic heterocycles. The van der Waals surface area contributed by atoms with Crippen LogP contribution in [0.3, 0.4) is 0 Å². The zero-order chi connectivity index (χ0) is 10.1. The van der Waals surface area contributed by atoms with Crippen LogP contribution in [0.4, 0.5) is 0 Å². The molecule has 0 atom stereocenters. The van der Waals surface area contributed by atoms with Crippen LogP contribution in [-0.4, -0.2) is 5.16 Å². The number of hydrogen-bond donors (Lipinski definition) is 0. The smallest absolute Gasteiger partial charge is 0.240 e. The van der Waals surface area contributed by atoms with Crippen molar-refractivity contribution in [2.75, 3.05) is 0 Å². The zero-order valence-corrected chi connectivity index (χ0v) is 9.76. The second kappa shape index (κ2) is 3.75. The largest absolute Gasteiger partial charge is 0.343 e. The molecule has 14 heavy (non-hydrogen) atoms. The molecule has 0 saturated heterocycles. The first-order valence-electron chi connectivity index (χ1n) is 4.06. The topological polar surface area (TPSA) is 26.0 Å². The van der Waals surface area contributed by atoms with Crippen LogP contribution in [0, 0.1) is 6.92 Å². The molecule has 2 rings (SSSR count). The van der Waals surface area contributed by atoms with E-state index in [0.29, 0.717) is 4.47 Å². The molecule has 0 spiro atoms. The maximum atomic E-state index is 5.74. The fourth-order valence-electron chi connectivity index (χ4n) is 1.23. The minimum absolute atomic E-state index is 0.279. The van der Waals surface area contributed by atoms with Crippen molar-refractivity contribution in [2.24, 2.45) is 0 Å². The van der Waals surface area contributed by atoms with Crippen molar-refractivity contribution in [1.29, 1.82) is 0 Å². The van der Waals surface area contributed by atoms with Crippen LogP contribution < -0.4 is 0 Å². The van der Waals surface area contributed by atoms with Gasteiger partial charge in [-0.25, -0.2) is 0 Å². The Labute approximate surface area is 95.0 Å². The van der Waals surface area contributed by atoms with Crippen molar-refractivity contribution < 1.29 is 4.52 Å². The zero-order valence-electron chi connectivity index (χ0n) is 7.42. The van der Waals surface area contributed by atoms with Gasteiger partial charge in [-0.2, -0.15) is 0 Å². The Kier molecular flexibility index (Phi) is 2.61. The van der Waals surface area contributed by atoms with Crippen molar-refractivity contribution in [3.05, 3.63) is 39.5 Å². The van der Waals surface area contributed by atoms with Gasteiger partial charge in [0.1, 0.15) is 10.2 Å². The lowest BCUT2D eigenvalue weighted by Crippen LogP contribution is -1.79. The lowest BCUT2D eigenvalue weighted by molar-refractivity contribution is 0.423. The van der Waals surface area contributed by atoms with Crippen LogP contribution in [-0.2, 0) is 0 Å². The van der Waals surface area contributed by atoms with E-state index in [1.165, 1.54) is 5.56 Å². The second-order valence-electron chi connectivity index (χ2n) is 2.99. The van der Waals surface area contributed by atoms with E-state index < -0.39 is 0 Å². The van der Waals surface area contributed by atoms with Gasteiger partial charge in [0, 0.05) is 5.56 Å². The fourth-order valence-corrected chi connectivity index (χ4v) is 1.73. The summed E-state index contributed by atoms with van der Waals surface area (Å²) in [5.41, 5.74) is 2.90. The fraction of sp³-hybridized carbons (Fsp3) is 0.100. The summed E-state index contributed by atoms with van der Waals surface area (Å²) in [4.78, 5) is 0. The molecular formula is C10H7BrClNO. The first kappa shape index (κ1) is 9.74. The van der Waals surface area contributed by atoms with Gasteiger partial charge in [0.15, 0.2) is 0 Å². The van der Waals surface area contributed by atoms with Crippen molar-refractivity contribution in [3.63, 3.8) is 0 Å². The van der Waals surface area contributed by atoms with E-state index in [1.54, 1.807) is 0 Å². The minimum Gasteiger partial charge on any atom is -0.343 e. The molecule has 4 heteroatoms. The SMILES string of the molecule is Cc1cccc(-c2noc(Cl)c2Br)c1. The van der Waals surface area contributed by atoms with Crippen molar-refractivity contribution in [2.45, 2.75) is 6.92 Å². The Bertz CT molecular complexity index is 467. The number of hydrogen-bond acceptors (Lipinski definition) is 2. The molecule has 0 aliphatic rings. The molecule has 2 aromatic rings. The molecule has 0 unspecified atom stereocenters. The van der Waals surface area contributed by atoms with Gasteiger partial charge in [0.25, 0.3) is 0 Å². The number of aryl methyl sites for hydroxylation is 1. The lowest BCUT2D eigenvalue weighted by atomic mass is 10.1. The third-order valence-electron chi connectivity index (χ3n) is 1.89. The van der Waals surface area contributed by atoms with Crippen LogP contribution in [0.2, 0.25) is 5.22 Å². The molecule has 72 valence electrons. The van der Waals surface area contributed by atoms with Gasteiger partial charge < -0.3 is 4.52 Å². The van der Waals surface area contributed by atoms with E-state index in [4.69, 9.17) is 16.1 Å². The van der Waals surface area contributed by atoms with Gasteiger partial charge in [-0.15, -0.1) is 0 Å². The van der Waals surface area contributed by atoms with E-state index in [9.17, 15) is 0 Å². The molecule has 0 aliphatic heterocycles. The number of benzene rings is 1. The van der Waals surface area contributed by atoms with E-state index in [0.717, 1.165) is 11.3 Å². The van der Waals surface area contributed by atoms with Crippen LogP contribution >= 0.6 is 27.5 Å². The molecule has 0 radical (unpaired) electrons. The van der Waals surface area contributed by atoms with Crippen LogP contribution in [0.1, 0.15) is 5.56 Å². The van der Waals surface area contributed by atoms with Gasteiger partial charge >= 0.3 is 0 Å². The summed E-state index contributed by atoms with van der Waals surface area (Å²) < 4.78 is 5.56. The normalized spacial score (nSPS) is 10.5. The number of aromatic nitrogens is 1. The van der Waals surface area contributed by atoms with E-state index >= 15 is 0 Å². The summed E-state index contributed by atoms with van der Waals surface area (Å²) >= 11 is 9.07. The summed E-state index contributed by atoms with van der Waals surface area (Å²) in [7, 11) is 0. The Hall–Kier alpha value is -0.800. The van der Waals surface area contributed by atoms with Gasteiger partial charge in [-0.05, 0) is 40.5 Å². The summed E-state index contributed by atoms with van der Waals surface area (Å²) in [6.07, 6.45) is 0. The molecule has 0 saturated carbocycles. The number of rotatable bonds is 1. The lowest BCUT2D eigenvalue weighted by Gasteiger charge is -1.97. The Morgan fingerprint density at radius 3 is 2.79 bits per heavy atom. The summed E-state index contributed by atoms with van der Waals surface area (Å²) in [6, 6.07) is 7.99. The highest BCUT2D eigenvalue weighted by molar-refractivity contribution is 9.10. The van der Waals surface area contributed by atoms with E-state index in [2.05, 4.69) is 21.1 Å². The molecule has 0 aliphatic carbocycles. The molecule has 0 bridgehead atoms. The quantitative estimate of drug-likeness (QED) is 0.782. The maximum absolute atomic E-state index is 5.74. The standard InChI is InChI=1S/C10H7BrClNO/c1-6-3-2-4-7(5-6)9-8(11)10(12)14-13-9/h2-5H,1H3. The highest BCUT2D eigenvalue weighted by Gasteiger charge is 2.12. The second-order valence-corrected chi connectivity index (χ2v) is 4.12. The predicted molar refractivity (Wildman–Crippen MR) is 59.4 cm³/mol. The molecule has 1 aromatic carbocycles. The maximum Gasteiger partial charge on any atom is 0.240 e. The van der Waals surface area contributed by atoms with Crippen LogP contribution in [0.25, 0.3) is 11.3 Å². The van der Waals surface area contributed by atoms with Gasteiger partial charge in [0.05, 0.1) is 0 Å². The van der Waals surface area contributed by atoms with Crippen molar-refractivity contribution in [3.8, 4) is 11.3 Å². The monoisotopic (exact) mass is 271 g/mol. The Morgan fingerprint density at radius 2 is 2.21 bits per heavy atom.